The topological polar surface area (TPSA) is 65.1 Å². The Morgan fingerprint density at radius 2 is 1.76 bits per heavy atom. The van der Waals surface area contributed by atoms with Crippen molar-refractivity contribution in [2.45, 2.75) is 32.9 Å². The summed E-state index contributed by atoms with van der Waals surface area (Å²) in [6, 6.07) is 15.1. The van der Waals surface area contributed by atoms with Gasteiger partial charge in [-0.3, -0.25) is 4.79 Å². The first-order chi connectivity index (χ1) is 18.4. The molecule has 1 aliphatic rings. The van der Waals surface area contributed by atoms with Crippen molar-refractivity contribution in [3.8, 4) is 5.75 Å². The quantitative estimate of drug-likeness (QED) is 0.357. The molecule has 0 saturated carbocycles. The molecule has 38 heavy (non-hydrogen) atoms. The zero-order valence-corrected chi connectivity index (χ0v) is 22.8. The molecule has 2 heterocycles. The molecule has 0 atom stereocenters. The fourth-order valence-electron chi connectivity index (χ4n) is 4.51. The number of carbonyl (C=O) groups excluding carboxylic acids is 2. The van der Waals surface area contributed by atoms with Crippen LogP contribution in [0.5, 0.6) is 5.75 Å². The molecule has 3 aromatic rings. The maximum Gasteiger partial charge on any atom is 0.322 e. The van der Waals surface area contributed by atoms with E-state index in [1.54, 1.807) is 52.5 Å². The van der Waals surface area contributed by atoms with Gasteiger partial charge in [-0.1, -0.05) is 24.3 Å². The van der Waals surface area contributed by atoms with Crippen molar-refractivity contribution in [2.24, 2.45) is 0 Å². The number of carbonyl (C=O) groups is 2. The molecule has 0 unspecified atom stereocenters. The Labute approximate surface area is 227 Å². The highest BCUT2D eigenvalue weighted by molar-refractivity contribution is 7.10. The molecule has 9 heteroatoms. The maximum atomic E-state index is 13.7. The van der Waals surface area contributed by atoms with Crippen LogP contribution in [0.4, 0.5) is 14.9 Å². The molecule has 0 bridgehead atoms. The first-order valence-electron chi connectivity index (χ1n) is 12.9. The highest BCUT2D eigenvalue weighted by Crippen LogP contribution is 2.24. The third kappa shape index (κ3) is 7.55. The van der Waals surface area contributed by atoms with Crippen LogP contribution < -0.4 is 10.1 Å². The van der Waals surface area contributed by atoms with Gasteiger partial charge in [0.15, 0.2) is 0 Å². The van der Waals surface area contributed by atoms with Gasteiger partial charge in [-0.2, -0.15) is 0 Å². The van der Waals surface area contributed by atoms with Crippen molar-refractivity contribution in [3.63, 3.8) is 0 Å². The number of thiophene rings is 1. The van der Waals surface area contributed by atoms with E-state index in [2.05, 4.69) is 10.2 Å². The summed E-state index contributed by atoms with van der Waals surface area (Å²) >= 11 is 1.60. The van der Waals surface area contributed by atoms with Crippen molar-refractivity contribution in [3.05, 3.63) is 81.8 Å². The summed E-state index contributed by atoms with van der Waals surface area (Å²) in [5.41, 5.74) is 2.50. The Hall–Kier alpha value is -3.43. The Kier molecular flexibility index (Phi) is 9.73. The van der Waals surface area contributed by atoms with Crippen LogP contribution in [0.3, 0.4) is 0 Å². The van der Waals surface area contributed by atoms with E-state index in [4.69, 9.17) is 4.74 Å². The average Bonchev–Trinajstić information content (AvgIpc) is 3.59. The van der Waals surface area contributed by atoms with Crippen LogP contribution >= 0.6 is 11.3 Å². The minimum Gasteiger partial charge on any atom is -0.495 e. The standard InChI is InChI=1S/C29H35FN4O3S/c1-22-13-18-38-27(22)20-34(19-23-9-11-24(30)12-10-23)28(35)21-33(17-16-32-14-5-6-15-32)29(36)31-25-7-3-4-8-26(25)37-2/h3-4,7-13,18H,5-6,14-17,19-21H2,1-2H3,(H,31,36). The van der Waals surface area contributed by atoms with Gasteiger partial charge in [0.25, 0.3) is 0 Å². The highest BCUT2D eigenvalue weighted by Gasteiger charge is 2.24. The van der Waals surface area contributed by atoms with Crippen LogP contribution in [0, 0.1) is 12.7 Å². The molecule has 2 aromatic carbocycles. The number of urea groups is 1. The number of halogens is 1. The second kappa shape index (κ2) is 13.4. The fourth-order valence-corrected chi connectivity index (χ4v) is 5.43. The summed E-state index contributed by atoms with van der Waals surface area (Å²) in [6.07, 6.45) is 2.30. The molecule has 7 nitrogen and oxygen atoms in total. The van der Waals surface area contributed by atoms with Crippen LogP contribution in [0.25, 0.3) is 0 Å². The van der Waals surface area contributed by atoms with Crippen molar-refractivity contribution in [2.75, 3.05) is 45.2 Å². The molecule has 1 saturated heterocycles. The predicted molar refractivity (Wildman–Crippen MR) is 149 cm³/mol. The van der Waals surface area contributed by atoms with Gasteiger partial charge in [-0.15, -0.1) is 11.3 Å². The molecule has 202 valence electrons. The van der Waals surface area contributed by atoms with Crippen molar-refractivity contribution in [1.29, 1.82) is 0 Å². The van der Waals surface area contributed by atoms with Gasteiger partial charge >= 0.3 is 6.03 Å². The van der Waals surface area contributed by atoms with Gasteiger partial charge in [-0.05, 0) is 79.7 Å². The zero-order chi connectivity index (χ0) is 26.9. The van der Waals surface area contributed by atoms with E-state index in [-0.39, 0.29) is 24.3 Å². The molecule has 0 spiro atoms. The van der Waals surface area contributed by atoms with Gasteiger partial charge < -0.3 is 24.8 Å². The van der Waals surface area contributed by atoms with Crippen molar-refractivity contribution < 1.29 is 18.7 Å². The number of rotatable bonds is 11. The van der Waals surface area contributed by atoms with Crippen LogP contribution in [0.15, 0.2) is 60.0 Å². The largest absolute Gasteiger partial charge is 0.495 e. The van der Waals surface area contributed by atoms with E-state index in [0.717, 1.165) is 41.9 Å². The summed E-state index contributed by atoms with van der Waals surface area (Å²) in [5, 5.41) is 4.93. The van der Waals surface area contributed by atoms with Crippen LogP contribution in [-0.4, -0.2) is 66.5 Å². The van der Waals surface area contributed by atoms with E-state index in [9.17, 15) is 14.0 Å². The summed E-state index contributed by atoms with van der Waals surface area (Å²) < 4.78 is 18.9. The van der Waals surface area contributed by atoms with E-state index < -0.39 is 0 Å². The Balaban J connectivity index is 1.52. The number of benzene rings is 2. The molecule has 0 aliphatic carbocycles. The number of anilines is 1. The summed E-state index contributed by atoms with van der Waals surface area (Å²) in [4.78, 5) is 33.9. The molecular formula is C29H35FN4O3S. The van der Waals surface area contributed by atoms with E-state index >= 15 is 0 Å². The number of para-hydroxylation sites is 2. The normalized spacial score (nSPS) is 13.3. The number of nitrogens with zero attached hydrogens (tertiary/aromatic N) is 3. The molecular weight excluding hydrogens is 503 g/mol. The smallest absolute Gasteiger partial charge is 0.322 e. The Morgan fingerprint density at radius 1 is 1.03 bits per heavy atom. The Morgan fingerprint density at radius 3 is 2.45 bits per heavy atom. The van der Waals surface area contributed by atoms with E-state index in [1.165, 1.54) is 12.1 Å². The minimum absolute atomic E-state index is 0.0690. The van der Waals surface area contributed by atoms with Gasteiger partial charge in [-0.25, -0.2) is 9.18 Å². The predicted octanol–water partition coefficient (Wildman–Crippen LogP) is 5.36. The molecule has 1 fully saturated rings. The summed E-state index contributed by atoms with van der Waals surface area (Å²) in [6.45, 7) is 5.84. The molecule has 3 amide bonds. The molecule has 4 rings (SSSR count). The number of nitrogens with one attached hydrogen (secondary N) is 1. The van der Waals surface area contributed by atoms with Gasteiger partial charge in [0.05, 0.1) is 19.3 Å². The molecule has 1 aromatic heterocycles. The lowest BCUT2D eigenvalue weighted by Gasteiger charge is -2.29. The number of hydrogen-bond acceptors (Lipinski definition) is 5. The van der Waals surface area contributed by atoms with Crippen LogP contribution in [0.1, 0.15) is 28.8 Å². The number of amides is 3. The zero-order valence-electron chi connectivity index (χ0n) is 22.0. The van der Waals surface area contributed by atoms with Crippen LogP contribution in [0.2, 0.25) is 0 Å². The lowest BCUT2D eigenvalue weighted by molar-refractivity contribution is -0.133. The van der Waals surface area contributed by atoms with Gasteiger partial charge in [0.1, 0.15) is 18.1 Å². The fraction of sp³-hybridized carbons (Fsp3) is 0.379. The van der Waals surface area contributed by atoms with Crippen LogP contribution in [-0.2, 0) is 17.9 Å². The third-order valence-electron chi connectivity index (χ3n) is 6.79. The SMILES string of the molecule is COc1ccccc1NC(=O)N(CCN1CCCC1)CC(=O)N(Cc1ccc(F)cc1)Cc1sccc1C. The van der Waals surface area contributed by atoms with Crippen molar-refractivity contribution in [1.82, 2.24) is 14.7 Å². The van der Waals surface area contributed by atoms with Crippen molar-refractivity contribution >= 4 is 29.0 Å². The highest BCUT2D eigenvalue weighted by atomic mass is 32.1. The second-order valence-electron chi connectivity index (χ2n) is 9.50. The number of ether oxygens (including phenoxy) is 1. The Bertz CT molecular complexity index is 1210. The third-order valence-corrected chi connectivity index (χ3v) is 7.80. The van der Waals surface area contributed by atoms with Gasteiger partial charge in [0, 0.05) is 24.5 Å². The lowest BCUT2D eigenvalue weighted by Crippen LogP contribution is -2.46. The molecule has 0 radical (unpaired) electrons. The number of likely N-dealkylation sites (tertiary alicyclic amines) is 1. The first kappa shape index (κ1) is 27.6. The number of methoxy groups -OCH3 is 1. The summed E-state index contributed by atoms with van der Waals surface area (Å²) in [5.74, 6) is 0.0679. The minimum atomic E-state index is -0.351. The van der Waals surface area contributed by atoms with E-state index in [0.29, 0.717) is 37.6 Å². The van der Waals surface area contributed by atoms with Gasteiger partial charge in [0.2, 0.25) is 5.91 Å². The second-order valence-corrected chi connectivity index (χ2v) is 10.5. The maximum absolute atomic E-state index is 13.7. The monoisotopic (exact) mass is 538 g/mol. The lowest BCUT2D eigenvalue weighted by atomic mass is 10.2. The summed E-state index contributed by atoms with van der Waals surface area (Å²) in [7, 11) is 1.56. The number of hydrogen-bond donors (Lipinski definition) is 1. The molecule has 1 N–H and O–H groups in total. The number of aryl methyl sites for hydroxylation is 1. The molecule has 1 aliphatic heterocycles. The van der Waals surface area contributed by atoms with E-state index in [1.807, 2.05) is 30.5 Å². The first-order valence-corrected chi connectivity index (χ1v) is 13.8. The average molecular weight is 539 g/mol.